The van der Waals surface area contributed by atoms with Gasteiger partial charge in [0, 0.05) is 10.7 Å². The number of aromatic nitrogens is 1. The minimum absolute atomic E-state index is 0.150. The Morgan fingerprint density at radius 3 is 2.90 bits per heavy atom. The highest BCUT2D eigenvalue weighted by Gasteiger charge is 2.08. The minimum atomic E-state index is -2.40. The first-order valence-corrected chi connectivity index (χ1v) is 7.79. The van der Waals surface area contributed by atoms with Gasteiger partial charge in [-0.25, -0.2) is 4.98 Å². The van der Waals surface area contributed by atoms with E-state index in [-0.39, 0.29) is 5.75 Å². The number of thioether (sulfide) groups is 1. The number of nitrogens with zero attached hydrogens (tertiary/aromatic N) is 1. The van der Waals surface area contributed by atoms with Crippen LogP contribution in [0.2, 0.25) is 5.15 Å². The lowest BCUT2D eigenvalue weighted by Crippen LogP contribution is -1.99. The van der Waals surface area contributed by atoms with Crippen molar-refractivity contribution in [1.29, 1.82) is 0 Å². The highest BCUT2D eigenvalue weighted by atomic mass is 79.9. The molecule has 0 amide bonds. The zero-order valence-electron chi connectivity index (χ0n) is 10.1. The second-order valence-electron chi connectivity index (χ2n) is 3.79. The van der Waals surface area contributed by atoms with Crippen LogP contribution in [0.3, 0.4) is 0 Å². The summed E-state index contributed by atoms with van der Waals surface area (Å²) in [5.41, 5.74) is 0.668. The number of hydrogen-bond acceptors (Lipinski definition) is 4. The maximum absolute atomic E-state index is 12.1. The standard InChI is InChI=1S/C12H10BrClF2N2OS/c13-7-3-10(11(14)18-4-7)17-5-8-1-2-9(19-8)6-20-12(15)16/h1-4,12,17H,5-6H2. The Hall–Kier alpha value is -0.790. The summed E-state index contributed by atoms with van der Waals surface area (Å²) < 4.78 is 30.4. The summed E-state index contributed by atoms with van der Waals surface area (Å²) in [6.07, 6.45) is 1.60. The smallest absolute Gasteiger partial charge is 0.284 e. The molecule has 2 heterocycles. The Morgan fingerprint density at radius 2 is 2.15 bits per heavy atom. The summed E-state index contributed by atoms with van der Waals surface area (Å²) in [7, 11) is 0. The molecule has 2 rings (SSSR count). The molecule has 0 radical (unpaired) electrons. The van der Waals surface area contributed by atoms with Crippen molar-refractivity contribution in [2.45, 2.75) is 18.1 Å². The average Bonchev–Trinajstić information content (AvgIpc) is 2.85. The van der Waals surface area contributed by atoms with Gasteiger partial charge >= 0.3 is 0 Å². The van der Waals surface area contributed by atoms with Gasteiger partial charge in [0.05, 0.1) is 18.0 Å². The number of alkyl halides is 2. The van der Waals surface area contributed by atoms with Crippen LogP contribution in [-0.2, 0) is 12.3 Å². The summed E-state index contributed by atoms with van der Waals surface area (Å²) in [5, 5.41) is 3.43. The fourth-order valence-corrected chi connectivity index (χ4v) is 2.42. The molecule has 3 nitrogen and oxygen atoms in total. The SMILES string of the molecule is FC(F)SCc1ccc(CNc2cc(Br)cnc2Cl)o1. The van der Waals surface area contributed by atoms with Crippen molar-refractivity contribution in [2.24, 2.45) is 0 Å². The van der Waals surface area contributed by atoms with Gasteiger partial charge in [0.15, 0.2) is 5.15 Å². The number of pyridine rings is 1. The molecule has 1 N–H and O–H groups in total. The minimum Gasteiger partial charge on any atom is -0.463 e. The molecule has 0 spiro atoms. The number of anilines is 1. The lowest BCUT2D eigenvalue weighted by Gasteiger charge is -2.06. The summed E-state index contributed by atoms with van der Waals surface area (Å²) >= 11 is 9.77. The van der Waals surface area contributed by atoms with Crippen LogP contribution in [0.25, 0.3) is 0 Å². The second-order valence-corrected chi connectivity index (χ2v) is 6.04. The zero-order valence-corrected chi connectivity index (χ0v) is 13.2. The van der Waals surface area contributed by atoms with Crippen molar-refractivity contribution < 1.29 is 13.2 Å². The normalized spacial score (nSPS) is 11.1. The van der Waals surface area contributed by atoms with Crippen LogP contribution >= 0.6 is 39.3 Å². The van der Waals surface area contributed by atoms with E-state index in [4.69, 9.17) is 16.0 Å². The van der Waals surface area contributed by atoms with E-state index in [0.717, 1.165) is 4.47 Å². The van der Waals surface area contributed by atoms with Gasteiger partial charge in [-0.1, -0.05) is 23.4 Å². The maximum atomic E-state index is 12.1. The molecule has 2 aromatic heterocycles. The molecule has 0 aromatic carbocycles. The third kappa shape index (κ3) is 4.64. The van der Waals surface area contributed by atoms with Gasteiger partial charge in [-0.3, -0.25) is 0 Å². The van der Waals surface area contributed by atoms with Crippen LogP contribution in [0.5, 0.6) is 0 Å². The highest BCUT2D eigenvalue weighted by molar-refractivity contribution is 9.10. The second kappa shape index (κ2) is 7.28. The van der Waals surface area contributed by atoms with E-state index >= 15 is 0 Å². The third-order valence-electron chi connectivity index (χ3n) is 2.33. The predicted molar refractivity (Wildman–Crippen MR) is 80.3 cm³/mol. The van der Waals surface area contributed by atoms with Crippen molar-refractivity contribution >= 4 is 45.0 Å². The lowest BCUT2D eigenvalue weighted by atomic mass is 10.4. The van der Waals surface area contributed by atoms with E-state index in [1.54, 1.807) is 24.4 Å². The summed E-state index contributed by atoms with van der Waals surface area (Å²) in [6, 6.07) is 5.23. The van der Waals surface area contributed by atoms with E-state index in [1.165, 1.54) is 0 Å². The van der Waals surface area contributed by atoms with Crippen LogP contribution < -0.4 is 5.32 Å². The van der Waals surface area contributed by atoms with Crippen LogP contribution in [0.15, 0.2) is 33.3 Å². The number of nitrogens with one attached hydrogen (secondary N) is 1. The third-order valence-corrected chi connectivity index (χ3v) is 3.77. The Bertz CT molecular complexity index is 582. The van der Waals surface area contributed by atoms with Gasteiger partial charge in [0.25, 0.3) is 5.76 Å². The molecule has 0 unspecified atom stereocenters. The molecule has 0 aliphatic rings. The molecule has 20 heavy (non-hydrogen) atoms. The first kappa shape index (κ1) is 15.6. The topological polar surface area (TPSA) is 38.1 Å². The van der Waals surface area contributed by atoms with Crippen LogP contribution in [0, 0.1) is 0 Å². The Balaban J connectivity index is 1.92. The molecular formula is C12H10BrClF2N2OS. The number of halogens is 4. The largest absolute Gasteiger partial charge is 0.463 e. The molecule has 2 aromatic rings. The lowest BCUT2D eigenvalue weighted by molar-refractivity contribution is 0.251. The van der Waals surface area contributed by atoms with E-state index in [2.05, 4.69) is 26.2 Å². The zero-order chi connectivity index (χ0) is 14.5. The average molecular weight is 384 g/mol. The molecule has 0 fully saturated rings. The van der Waals surface area contributed by atoms with Gasteiger partial charge in [0.2, 0.25) is 0 Å². The fraction of sp³-hybridized carbons (Fsp3) is 0.250. The summed E-state index contributed by atoms with van der Waals surface area (Å²) in [4.78, 5) is 3.98. The number of hydrogen-bond donors (Lipinski definition) is 1. The Labute approximate surface area is 132 Å². The van der Waals surface area contributed by atoms with E-state index in [1.807, 2.05) is 0 Å². The van der Waals surface area contributed by atoms with Crippen molar-refractivity contribution in [2.75, 3.05) is 5.32 Å². The Morgan fingerprint density at radius 1 is 1.40 bits per heavy atom. The first-order chi connectivity index (χ1) is 9.54. The molecule has 0 bridgehead atoms. The van der Waals surface area contributed by atoms with Gasteiger partial charge in [-0.15, -0.1) is 0 Å². The van der Waals surface area contributed by atoms with Gasteiger partial charge in [-0.05, 0) is 34.1 Å². The number of furan rings is 1. The summed E-state index contributed by atoms with van der Waals surface area (Å²) in [6.45, 7) is 0.400. The summed E-state index contributed by atoms with van der Waals surface area (Å²) in [5.74, 6) is -1.08. The first-order valence-electron chi connectivity index (χ1n) is 5.57. The van der Waals surface area contributed by atoms with Crippen molar-refractivity contribution in [3.63, 3.8) is 0 Å². The van der Waals surface area contributed by atoms with Gasteiger partial charge in [-0.2, -0.15) is 8.78 Å². The van der Waals surface area contributed by atoms with E-state index in [0.29, 0.717) is 40.7 Å². The molecular weight excluding hydrogens is 374 g/mol. The van der Waals surface area contributed by atoms with Crippen LogP contribution in [-0.4, -0.2) is 10.7 Å². The van der Waals surface area contributed by atoms with Gasteiger partial charge < -0.3 is 9.73 Å². The van der Waals surface area contributed by atoms with Crippen molar-refractivity contribution in [3.8, 4) is 0 Å². The van der Waals surface area contributed by atoms with Crippen molar-refractivity contribution in [3.05, 3.63) is 45.5 Å². The predicted octanol–water partition coefficient (Wildman–Crippen LogP) is 5.16. The molecule has 0 aliphatic carbocycles. The molecule has 108 valence electrons. The molecule has 0 saturated heterocycles. The van der Waals surface area contributed by atoms with Crippen LogP contribution in [0.4, 0.5) is 14.5 Å². The highest BCUT2D eigenvalue weighted by Crippen LogP contribution is 2.25. The molecule has 8 heteroatoms. The monoisotopic (exact) mass is 382 g/mol. The molecule has 0 aliphatic heterocycles. The quantitative estimate of drug-likeness (QED) is 0.699. The fourth-order valence-electron chi connectivity index (χ4n) is 1.47. The molecule has 0 saturated carbocycles. The maximum Gasteiger partial charge on any atom is 0.284 e. The molecule has 0 atom stereocenters. The van der Waals surface area contributed by atoms with Gasteiger partial charge in [0.1, 0.15) is 11.5 Å². The van der Waals surface area contributed by atoms with Crippen LogP contribution in [0.1, 0.15) is 11.5 Å². The van der Waals surface area contributed by atoms with Crippen molar-refractivity contribution in [1.82, 2.24) is 4.98 Å². The Kier molecular flexibility index (Phi) is 5.68. The van der Waals surface area contributed by atoms with E-state index < -0.39 is 5.76 Å². The van der Waals surface area contributed by atoms with E-state index in [9.17, 15) is 8.78 Å². The number of rotatable bonds is 6.